The lowest BCUT2D eigenvalue weighted by Gasteiger charge is -2.33. The van der Waals surface area contributed by atoms with Gasteiger partial charge in [0.15, 0.2) is 0 Å². The Bertz CT molecular complexity index is 921. The van der Waals surface area contributed by atoms with Crippen molar-refractivity contribution in [2.75, 3.05) is 0 Å². The maximum absolute atomic E-state index is 14.6. The van der Waals surface area contributed by atoms with Gasteiger partial charge in [0, 0.05) is 17.4 Å². The first-order valence-electron chi connectivity index (χ1n) is 9.27. The molecule has 178 valence electrons. The van der Waals surface area contributed by atoms with Crippen LogP contribution in [0.4, 0.5) is 35.1 Å². The molecule has 8 unspecified atom stereocenters. The molecule has 1 aliphatic heterocycles. The Labute approximate surface area is 173 Å². The van der Waals surface area contributed by atoms with Crippen LogP contribution in [0.1, 0.15) is 13.3 Å². The molecule has 0 aromatic carbocycles. The number of rotatable bonds is 4. The van der Waals surface area contributed by atoms with Crippen LogP contribution in [0.15, 0.2) is 12.2 Å². The fraction of sp³-hybridized carbons (Fsp3) is 0.722. The van der Waals surface area contributed by atoms with Gasteiger partial charge >= 0.3 is 41.5 Å². The molecule has 4 rings (SSSR count). The standard InChI is InChI=1S/C18H14F8O6/c1-4(2)11(27)30-9-6-3-5-7(12(28)31-10(5)9)8(6)13(29)32-16(22)14(19)15(20,21)17(23,24)18(16,25)26/h5-10,14H,1,3H2,2H3. The maximum atomic E-state index is 14.6. The minimum atomic E-state index is -6.51. The van der Waals surface area contributed by atoms with Crippen molar-refractivity contribution in [2.24, 2.45) is 23.7 Å². The first kappa shape index (κ1) is 22.8. The first-order valence-corrected chi connectivity index (χ1v) is 9.27. The second kappa shape index (κ2) is 6.34. The summed E-state index contributed by atoms with van der Waals surface area (Å²) >= 11 is 0. The van der Waals surface area contributed by atoms with E-state index < -0.39 is 83.6 Å². The van der Waals surface area contributed by atoms with E-state index >= 15 is 0 Å². The van der Waals surface area contributed by atoms with Gasteiger partial charge in [-0.15, -0.1) is 0 Å². The topological polar surface area (TPSA) is 78.9 Å². The van der Waals surface area contributed by atoms with Crippen molar-refractivity contribution in [1.82, 2.24) is 0 Å². The monoisotopic (exact) mass is 478 g/mol. The van der Waals surface area contributed by atoms with Gasteiger partial charge in [-0.05, 0) is 13.3 Å². The van der Waals surface area contributed by atoms with Gasteiger partial charge in [-0.25, -0.2) is 9.18 Å². The van der Waals surface area contributed by atoms with Gasteiger partial charge in [0.2, 0.25) is 6.17 Å². The molecule has 3 saturated carbocycles. The Morgan fingerprint density at radius 2 is 1.66 bits per heavy atom. The molecule has 3 aliphatic carbocycles. The molecule has 0 spiro atoms. The quantitative estimate of drug-likeness (QED) is 0.268. The van der Waals surface area contributed by atoms with Crippen LogP contribution >= 0.6 is 0 Å². The van der Waals surface area contributed by atoms with Gasteiger partial charge in [0.1, 0.15) is 12.2 Å². The van der Waals surface area contributed by atoms with Crippen LogP contribution in [-0.4, -0.2) is 59.9 Å². The molecule has 8 atom stereocenters. The maximum Gasteiger partial charge on any atom is 0.387 e. The largest absolute Gasteiger partial charge is 0.458 e. The molecule has 1 saturated heterocycles. The number of hydrogen-bond donors (Lipinski definition) is 0. The van der Waals surface area contributed by atoms with Crippen LogP contribution in [0.25, 0.3) is 0 Å². The predicted octanol–water partition coefficient (Wildman–Crippen LogP) is 2.75. The Morgan fingerprint density at radius 3 is 2.16 bits per heavy atom. The summed E-state index contributed by atoms with van der Waals surface area (Å²) in [4.78, 5) is 36.5. The third kappa shape index (κ3) is 2.43. The van der Waals surface area contributed by atoms with Crippen molar-refractivity contribution in [3.63, 3.8) is 0 Å². The van der Waals surface area contributed by atoms with E-state index in [1.165, 1.54) is 6.92 Å². The van der Waals surface area contributed by atoms with Gasteiger partial charge in [0.05, 0.1) is 11.8 Å². The van der Waals surface area contributed by atoms with Crippen molar-refractivity contribution >= 4 is 17.9 Å². The van der Waals surface area contributed by atoms with Crippen molar-refractivity contribution in [2.45, 2.75) is 55.3 Å². The highest BCUT2D eigenvalue weighted by Gasteiger charge is 2.95. The van der Waals surface area contributed by atoms with Gasteiger partial charge < -0.3 is 14.2 Å². The fourth-order valence-corrected chi connectivity index (χ4v) is 5.00. The summed E-state index contributed by atoms with van der Waals surface area (Å²) in [5.74, 6) is -34.3. The van der Waals surface area contributed by atoms with Crippen LogP contribution < -0.4 is 0 Å². The molecular formula is C18H14F8O6. The lowest BCUT2D eigenvalue weighted by Crippen LogP contribution is -2.56. The molecule has 14 heteroatoms. The van der Waals surface area contributed by atoms with Gasteiger partial charge in [0.25, 0.3) is 0 Å². The van der Waals surface area contributed by atoms with E-state index in [0.717, 1.165) is 0 Å². The third-order valence-electron chi connectivity index (χ3n) is 6.54. The number of carbonyl (C=O) groups excluding carboxylic acids is 3. The van der Waals surface area contributed by atoms with Crippen molar-refractivity contribution in [3.8, 4) is 0 Å². The second-order valence-corrected chi connectivity index (χ2v) is 8.37. The van der Waals surface area contributed by atoms with Crippen molar-refractivity contribution in [1.29, 1.82) is 0 Å². The molecule has 0 N–H and O–H groups in total. The van der Waals surface area contributed by atoms with Gasteiger partial charge in [-0.3, -0.25) is 9.59 Å². The van der Waals surface area contributed by atoms with Crippen LogP contribution in [0.2, 0.25) is 0 Å². The normalized spacial score (nSPS) is 44.3. The van der Waals surface area contributed by atoms with E-state index in [1.54, 1.807) is 0 Å². The van der Waals surface area contributed by atoms with Crippen LogP contribution in [0.5, 0.6) is 0 Å². The summed E-state index contributed by atoms with van der Waals surface area (Å²) < 4.78 is 124. The Morgan fingerprint density at radius 1 is 1.06 bits per heavy atom. The summed E-state index contributed by atoms with van der Waals surface area (Å²) in [5.41, 5.74) is -0.0918. The van der Waals surface area contributed by atoms with Crippen LogP contribution in [0, 0.1) is 23.7 Å². The lowest BCUT2D eigenvalue weighted by atomic mass is 9.78. The molecule has 4 fully saturated rings. The zero-order valence-corrected chi connectivity index (χ0v) is 15.9. The van der Waals surface area contributed by atoms with Gasteiger partial charge in [-0.1, -0.05) is 6.58 Å². The summed E-state index contributed by atoms with van der Waals surface area (Å²) in [5, 5.41) is 0. The molecule has 4 aliphatic rings. The van der Waals surface area contributed by atoms with Crippen molar-refractivity contribution < 1.29 is 63.7 Å². The predicted molar refractivity (Wildman–Crippen MR) is 82.8 cm³/mol. The highest BCUT2D eigenvalue weighted by atomic mass is 19.4. The number of alkyl halides is 8. The Balaban J connectivity index is 1.64. The smallest absolute Gasteiger partial charge is 0.387 e. The summed E-state index contributed by atoms with van der Waals surface area (Å²) in [7, 11) is 0. The fourth-order valence-electron chi connectivity index (χ4n) is 5.00. The van der Waals surface area contributed by atoms with Crippen LogP contribution in [-0.2, 0) is 28.6 Å². The van der Waals surface area contributed by atoms with E-state index in [2.05, 4.69) is 11.3 Å². The first-order chi connectivity index (χ1) is 14.5. The highest BCUT2D eigenvalue weighted by Crippen LogP contribution is 2.65. The zero-order valence-electron chi connectivity index (χ0n) is 15.9. The molecule has 32 heavy (non-hydrogen) atoms. The van der Waals surface area contributed by atoms with E-state index in [-0.39, 0.29) is 12.0 Å². The average molecular weight is 478 g/mol. The molecule has 2 bridgehead atoms. The zero-order chi connectivity index (χ0) is 24.2. The molecular weight excluding hydrogens is 464 g/mol. The molecule has 0 aromatic rings. The van der Waals surface area contributed by atoms with Gasteiger partial charge in [-0.2, -0.15) is 30.7 Å². The Kier molecular flexibility index (Phi) is 4.51. The third-order valence-corrected chi connectivity index (χ3v) is 6.54. The van der Waals surface area contributed by atoms with E-state index in [9.17, 15) is 49.5 Å². The molecule has 0 amide bonds. The van der Waals surface area contributed by atoms with E-state index in [1.807, 2.05) is 0 Å². The van der Waals surface area contributed by atoms with E-state index in [4.69, 9.17) is 9.47 Å². The minimum absolute atomic E-state index is 0.0734. The number of carbonyl (C=O) groups is 3. The molecule has 6 nitrogen and oxygen atoms in total. The highest BCUT2D eigenvalue weighted by molar-refractivity contribution is 5.88. The number of fused-ring (bicyclic) bond motifs is 1. The van der Waals surface area contributed by atoms with Crippen molar-refractivity contribution in [3.05, 3.63) is 12.2 Å². The number of esters is 3. The molecule has 0 aromatic heterocycles. The number of ether oxygens (including phenoxy) is 3. The minimum Gasteiger partial charge on any atom is -0.458 e. The van der Waals surface area contributed by atoms with E-state index in [0.29, 0.717) is 0 Å². The molecule has 0 radical (unpaired) electrons. The summed E-state index contributed by atoms with van der Waals surface area (Å²) in [6, 6.07) is 0. The number of hydrogen-bond acceptors (Lipinski definition) is 6. The number of halogens is 8. The average Bonchev–Trinajstić information content (AvgIpc) is 3.30. The second-order valence-electron chi connectivity index (χ2n) is 8.37. The summed E-state index contributed by atoms with van der Waals surface area (Å²) in [6.45, 7) is 4.59. The molecule has 1 heterocycles. The Hall–Kier alpha value is -2.41. The SMILES string of the molecule is C=C(C)C(=O)OC1C2CC3C1OC(=O)C3C2C(=O)OC1(F)C(F)C(F)(F)C(F)(F)C1(F)F. The lowest BCUT2D eigenvalue weighted by molar-refractivity contribution is -0.323. The summed E-state index contributed by atoms with van der Waals surface area (Å²) in [6.07, 6.45) is -7.33. The van der Waals surface area contributed by atoms with Crippen LogP contribution in [0.3, 0.4) is 0 Å².